The minimum atomic E-state index is -0.905. The van der Waals surface area contributed by atoms with Gasteiger partial charge in [0.25, 0.3) is 0 Å². The van der Waals surface area contributed by atoms with Crippen molar-refractivity contribution >= 4 is 12.1 Å². The molecule has 0 aliphatic carbocycles. The lowest BCUT2D eigenvalue weighted by atomic mass is 10.4. The molecule has 2 aliphatic rings. The number of hydrogen-bond donors (Lipinski definition) is 1. The number of ether oxygens (including phenoxy) is 1. The van der Waals surface area contributed by atoms with Crippen molar-refractivity contribution in [3.63, 3.8) is 0 Å². The van der Waals surface area contributed by atoms with Crippen LogP contribution in [0.2, 0.25) is 0 Å². The summed E-state index contributed by atoms with van der Waals surface area (Å²) in [5.41, 5.74) is 0. The maximum Gasteiger partial charge on any atom is 0.407 e. The van der Waals surface area contributed by atoms with Crippen molar-refractivity contribution in [1.29, 1.82) is 0 Å². The number of urea groups is 1. The quantitative estimate of drug-likeness (QED) is 0.697. The number of nitrogens with zero attached hydrogens (tertiary/aromatic N) is 3. The Morgan fingerprint density at radius 3 is 2.21 bits per heavy atom. The fourth-order valence-electron chi connectivity index (χ4n) is 2.44. The Balaban J connectivity index is 1.89. The van der Waals surface area contributed by atoms with Gasteiger partial charge in [-0.3, -0.25) is 0 Å². The van der Waals surface area contributed by atoms with Gasteiger partial charge in [0.05, 0.1) is 6.61 Å². The molecule has 2 saturated heterocycles. The molecule has 0 spiro atoms. The van der Waals surface area contributed by atoms with Gasteiger partial charge in [-0.1, -0.05) is 0 Å². The third kappa shape index (κ3) is 3.73. The summed E-state index contributed by atoms with van der Waals surface area (Å²) >= 11 is 0. The van der Waals surface area contributed by atoms with Crippen molar-refractivity contribution < 1.29 is 19.4 Å². The van der Waals surface area contributed by atoms with Crippen molar-refractivity contribution in [3.05, 3.63) is 0 Å². The standard InChI is InChI=1S/C12H21N3O4/c16-11(14-5-2-9-19-10-8-14)13-3-1-4-15(7-6-13)12(17)18/h1-10H2,(H,17,18). The van der Waals surface area contributed by atoms with E-state index in [4.69, 9.17) is 9.84 Å². The molecule has 19 heavy (non-hydrogen) atoms. The Hall–Kier alpha value is -1.50. The number of rotatable bonds is 0. The minimum absolute atomic E-state index is 0.0118. The van der Waals surface area contributed by atoms with E-state index >= 15 is 0 Å². The molecule has 0 radical (unpaired) electrons. The Labute approximate surface area is 112 Å². The molecular formula is C12H21N3O4. The lowest BCUT2D eigenvalue weighted by Gasteiger charge is -2.28. The van der Waals surface area contributed by atoms with Crippen LogP contribution in [-0.2, 0) is 4.74 Å². The highest BCUT2D eigenvalue weighted by Gasteiger charge is 2.25. The smallest absolute Gasteiger partial charge is 0.407 e. The van der Waals surface area contributed by atoms with Gasteiger partial charge in [-0.15, -0.1) is 0 Å². The van der Waals surface area contributed by atoms with E-state index in [0.29, 0.717) is 52.4 Å². The molecule has 0 aromatic rings. The number of carboxylic acid groups (broad SMARTS) is 1. The first-order valence-electron chi connectivity index (χ1n) is 6.78. The third-order valence-corrected chi connectivity index (χ3v) is 3.53. The topological polar surface area (TPSA) is 73.3 Å². The lowest BCUT2D eigenvalue weighted by Crippen LogP contribution is -2.45. The van der Waals surface area contributed by atoms with Crippen LogP contribution in [0.15, 0.2) is 0 Å². The van der Waals surface area contributed by atoms with Crippen LogP contribution in [0, 0.1) is 0 Å². The SMILES string of the molecule is O=C(O)N1CCCN(C(=O)N2CCCOCC2)CC1. The Morgan fingerprint density at radius 1 is 0.789 bits per heavy atom. The molecule has 7 nitrogen and oxygen atoms in total. The number of amides is 3. The van der Waals surface area contributed by atoms with Gasteiger partial charge in [0.15, 0.2) is 0 Å². The van der Waals surface area contributed by atoms with E-state index in [-0.39, 0.29) is 6.03 Å². The number of carbonyl (C=O) groups excluding carboxylic acids is 1. The second kappa shape index (κ2) is 6.60. The molecule has 7 heteroatoms. The van der Waals surface area contributed by atoms with E-state index < -0.39 is 6.09 Å². The third-order valence-electron chi connectivity index (χ3n) is 3.53. The molecule has 2 heterocycles. The summed E-state index contributed by atoms with van der Waals surface area (Å²) in [6.07, 6.45) is 0.654. The van der Waals surface area contributed by atoms with E-state index in [1.807, 2.05) is 4.90 Å². The molecule has 0 bridgehead atoms. The first-order valence-corrected chi connectivity index (χ1v) is 6.78. The van der Waals surface area contributed by atoms with Crippen LogP contribution in [0.4, 0.5) is 9.59 Å². The molecule has 1 N–H and O–H groups in total. The first-order chi connectivity index (χ1) is 9.18. The van der Waals surface area contributed by atoms with Crippen LogP contribution in [0.5, 0.6) is 0 Å². The fourth-order valence-corrected chi connectivity index (χ4v) is 2.44. The zero-order chi connectivity index (χ0) is 13.7. The van der Waals surface area contributed by atoms with Crippen molar-refractivity contribution in [3.8, 4) is 0 Å². The van der Waals surface area contributed by atoms with Gasteiger partial charge in [-0.05, 0) is 12.8 Å². The average molecular weight is 271 g/mol. The maximum absolute atomic E-state index is 12.4. The second-order valence-electron chi connectivity index (χ2n) is 4.85. The summed E-state index contributed by atoms with van der Waals surface area (Å²) in [7, 11) is 0. The highest BCUT2D eigenvalue weighted by Crippen LogP contribution is 2.09. The molecule has 3 amide bonds. The molecule has 0 unspecified atom stereocenters. The van der Waals surface area contributed by atoms with Gasteiger partial charge in [0.1, 0.15) is 0 Å². The van der Waals surface area contributed by atoms with Gasteiger partial charge < -0.3 is 24.5 Å². The Morgan fingerprint density at radius 2 is 1.42 bits per heavy atom. The molecule has 2 rings (SSSR count). The van der Waals surface area contributed by atoms with Gasteiger partial charge >= 0.3 is 12.1 Å². The van der Waals surface area contributed by atoms with E-state index in [1.165, 1.54) is 4.90 Å². The van der Waals surface area contributed by atoms with Crippen LogP contribution in [0.1, 0.15) is 12.8 Å². The second-order valence-corrected chi connectivity index (χ2v) is 4.85. The van der Waals surface area contributed by atoms with Crippen LogP contribution in [-0.4, -0.2) is 84.4 Å². The molecule has 2 aliphatic heterocycles. The Bertz CT molecular complexity index is 329. The van der Waals surface area contributed by atoms with Crippen LogP contribution < -0.4 is 0 Å². The van der Waals surface area contributed by atoms with Gasteiger partial charge in [0, 0.05) is 45.9 Å². The summed E-state index contributed by atoms with van der Waals surface area (Å²) < 4.78 is 5.34. The molecule has 0 aromatic heterocycles. The highest BCUT2D eigenvalue weighted by atomic mass is 16.5. The summed E-state index contributed by atoms with van der Waals surface area (Å²) in [5, 5.41) is 8.97. The highest BCUT2D eigenvalue weighted by molar-refractivity contribution is 5.74. The van der Waals surface area contributed by atoms with Crippen LogP contribution in [0.25, 0.3) is 0 Å². The van der Waals surface area contributed by atoms with E-state index in [0.717, 1.165) is 13.0 Å². The zero-order valence-corrected chi connectivity index (χ0v) is 11.1. The Kier molecular flexibility index (Phi) is 4.84. The molecule has 0 atom stereocenters. The van der Waals surface area contributed by atoms with E-state index in [2.05, 4.69) is 0 Å². The van der Waals surface area contributed by atoms with E-state index in [1.54, 1.807) is 4.90 Å². The predicted molar refractivity (Wildman–Crippen MR) is 68.2 cm³/mol. The fraction of sp³-hybridized carbons (Fsp3) is 0.833. The van der Waals surface area contributed by atoms with Gasteiger partial charge in [-0.2, -0.15) is 0 Å². The summed E-state index contributed by atoms with van der Waals surface area (Å²) in [5.74, 6) is 0. The van der Waals surface area contributed by atoms with E-state index in [9.17, 15) is 9.59 Å². The van der Waals surface area contributed by atoms with Gasteiger partial charge in [0.2, 0.25) is 0 Å². The minimum Gasteiger partial charge on any atom is -0.465 e. The summed E-state index contributed by atoms with van der Waals surface area (Å²) in [6, 6.07) is 0.0118. The first kappa shape index (κ1) is 13.9. The summed E-state index contributed by atoms with van der Waals surface area (Å²) in [6.45, 7) is 4.63. The maximum atomic E-state index is 12.4. The van der Waals surface area contributed by atoms with Crippen molar-refractivity contribution in [2.24, 2.45) is 0 Å². The molecule has 0 aromatic carbocycles. The molecule has 2 fully saturated rings. The normalized spacial score (nSPS) is 21.8. The van der Waals surface area contributed by atoms with Gasteiger partial charge in [-0.25, -0.2) is 9.59 Å². The number of hydrogen-bond acceptors (Lipinski definition) is 3. The average Bonchev–Trinajstić information content (AvgIpc) is 2.80. The lowest BCUT2D eigenvalue weighted by molar-refractivity contribution is 0.130. The molecule has 0 saturated carbocycles. The number of carbonyl (C=O) groups is 2. The largest absolute Gasteiger partial charge is 0.465 e. The monoisotopic (exact) mass is 271 g/mol. The zero-order valence-electron chi connectivity index (χ0n) is 11.1. The predicted octanol–water partition coefficient (Wildman–Crippen LogP) is 0.514. The van der Waals surface area contributed by atoms with Crippen molar-refractivity contribution in [2.75, 3.05) is 52.5 Å². The van der Waals surface area contributed by atoms with Crippen molar-refractivity contribution in [1.82, 2.24) is 14.7 Å². The summed E-state index contributed by atoms with van der Waals surface area (Å²) in [4.78, 5) is 28.2. The molecule has 108 valence electrons. The van der Waals surface area contributed by atoms with Crippen LogP contribution >= 0.6 is 0 Å². The van der Waals surface area contributed by atoms with Crippen molar-refractivity contribution in [2.45, 2.75) is 12.8 Å². The van der Waals surface area contributed by atoms with Crippen LogP contribution in [0.3, 0.4) is 0 Å². The molecular weight excluding hydrogens is 250 g/mol.